The molecule has 1 fully saturated rings. The fraction of sp³-hybridized carbons (Fsp3) is 0.562. The number of likely N-dealkylation sites (N-methyl/N-ethyl adjacent to an activating group) is 1. The number of nitrogens with two attached hydrogens (primary N) is 1. The van der Waals surface area contributed by atoms with Gasteiger partial charge < -0.3 is 15.4 Å². The molecule has 0 aromatic heterocycles. The second kappa shape index (κ2) is 6.75. The Labute approximate surface area is 120 Å². The number of hydrogen-bond donors (Lipinski definition) is 1. The Bertz CT molecular complexity index is 462. The number of hydrogen-bond acceptors (Lipinski definition) is 3. The van der Waals surface area contributed by atoms with E-state index in [4.69, 9.17) is 10.5 Å². The van der Waals surface area contributed by atoms with Crippen molar-refractivity contribution in [2.45, 2.75) is 31.7 Å². The summed E-state index contributed by atoms with van der Waals surface area (Å²) >= 11 is 0. The molecule has 1 aromatic rings. The highest BCUT2D eigenvalue weighted by Gasteiger charge is 2.31. The molecule has 0 unspecified atom stereocenters. The molecular weight excluding hydrogens is 252 g/mol. The number of nitrogens with zero attached hydrogens (tertiary/aromatic N) is 1. The van der Waals surface area contributed by atoms with E-state index in [1.54, 1.807) is 7.11 Å². The number of methoxy groups -OCH3 is 1. The smallest absolute Gasteiger partial charge is 0.226 e. The van der Waals surface area contributed by atoms with Crippen molar-refractivity contribution in [2.75, 3.05) is 20.7 Å². The van der Waals surface area contributed by atoms with Crippen LogP contribution in [0.5, 0.6) is 5.75 Å². The number of amides is 1. The minimum absolute atomic E-state index is 0.0117. The maximum absolute atomic E-state index is 12.3. The molecule has 1 aromatic carbocycles. The van der Waals surface area contributed by atoms with Crippen LogP contribution in [0.1, 0.15) is 24.8 Å². The molecule has 1 saturated carbocycles. The average Bonchev–Trinajstić information content (AvgIpc) is 2.90. The first-order valence-electron chi connectivity index (χ1n) is 7.26. The molecule has 0 spiro atoms. The number of carbonyl (C=O) groups excluding carboxylic acids is 1. The van der Waals surface area contributed by atoms with Crippen molar-refractivity contribution in [2.24, 2.45) is 11.7 Å². The molecule has 4 nitrogen and oxygen atoms in total. The number of rotatable bonds is 5. The first kappa shape index (κ1) is 14.9. The molecule has 0 saturated heterocycles. The quantitative estimate of drug-likeness (QED) is 0.892. The van der Waals surface area contributed by atoms with E-state index in [2.05, 4.69) is 0 Å². The summed E-state index contributed by atoms with van der Waals surface area (Å²) in [5, 5.41) is 0. The molecule has 0 aliphatic heterocycles. The van der Waals surface area contributed by atoms with Gasteiger partial charge in [-0.25, -0.2) is 0 Å². The van der Waals surface area contributed by atoms with Crippen LogP contribution in [-0.2, 0) is 11.2 Å². The molecule has 110 valence electrons. The van der Waals surface area contributed by atoms with Crippen LogP contribution in [0.25, 0.3) is 0 Å². The summed E-state index contributed by atoms with van der Waals surface area (Å²) in [5.74, 6) is 1.08. The Kier molecular flexibility index (Phi) is 5.01. The van der Waals surface area contributed by atoms with Gasteiger partial charge in [0.1, 0.15) is 5.75 Å². The summed E-state index contributed by atoms with van der Waals surface area (Å²) in [6, 6.07) is 7.97. The number of benzene rings is 1. The van der Waals surface area contributed by atoms with Crippen LogP contribution in [0, 0.1) is 5.92 Å². The van der Waals surface area contributed by atoms with Gasteiger partial charge in [0.25, 0.3) is 0 Å². The van der Waals surface area contributed by atoms with E-state index in [1.165, 1.54) is 0 Å². The molecule has 2 rings (SSSR count). The van der Waals surface area contributed by atoms with Crippen molar-refractivity contribution in [3.8, 4) is 5.75 Å². The first-order chi connectivity index (χ1) is 9.63. The highest BCUT2D eigenvalue weighted by atomic mass is 16.5. The van der Waals surface area contributed by atoms with Gasteiger partial charge in [-0.2, -0.15) is 0 Å². The molecule has 0 bridgehead atoms. The lowest BCUT2D eigenvalue weighted by Crippen LogP contribution is -2.40. The van der Waals surface area contributed by atoms with E-state index in [-0.39, 0.29) is 17.9 Å². The van der Waals surface area contributed by atoms with Crippen molar-refractivity contribution in [1.29, 1.82) is 0 Å². The van der Waals surface area contributed by atoms with Crippen molar-refractivity contribution in [3.05, 3.63) is 29.8 Å². The Morgan fingerprint density at radius 3 is 2.80 bits per heavy atom. The SMILES string of the molecule is COc1ccccc1CCN(C)C(=O)[C@H]1CCC[C@H]1N. The molecule has 1 aliphatic rings. The summed E-state index contributed by atoms with van der Waals surface area (Å²) in [4.78, 5) is 14.2. The van der Waals surface area contributed by atoms with Gasteiger partial charge in [0.05, 0.1) is 13.0 Å². The summed E-state index contributed by atoms with van der Waals surface area (Å²) in [5.41, 5.74) is 7.13. The Morgan fingerprint density at radius 2 is 2.15 bits per heavy atom. The second-order valence-electron chi connectivity index (χ2n) is 5.52. The number of para-hydroxylation sites is 1. The highest BCUT2D eigenvalue weighted by Crippen LogP contribution is 2.26. The fourth-order valence-electron chi connectivity index (χ4n) is 2.89. The van der Waals surface area contributed by atoms with Gasteiger partial charge in [-0.3, -0.25) is 4.79 Å². The summed E-state index contributed by atoms with van der Waals surface area (Å²) in [6.45, 7) is 0.697. The van der Waals surface area contributed by atoms with Crippen LogP contribution in [0.15, 0.2) is 24.3 Å². The molecule has 0 radical (unpaired) electrons. The van der Waals surface area contributed by atoms with Crippen molar-refractivity contribution in [1.82, 2.24) is 4.90 Å². The van der Waals surface area contributed by atoms with E-state index >= 15 is 0 Å². The largest absolute Gasteiger partial charge is 0.496 e. The van der Waals surface area contributed by atoms with Gasteiger partial charge in [0.15, 0.2) is 0 Å². The minimum atomic E-state index is 0.0117. The van der Waals surface area contributed by atoms with E-state index < -0.39 is 0 Å². The number of ether oxygens (including phenoxy) is 1. The summed E-state index contributed by atoms with van der Waals surface area (Å²) < 4.78 is 5.33. The highest BCUT2D eigenvalue weighted by molar-refractivity contribution is 5.79. The van der Waals surface area contributed by atoms with Gasteiger partial charge in [-0.15, -0.1) is 0 Å². The topological polar surface area (TPSA) is 55.6 Å². The van der Waals surface area contributed by atoms with E-state index in [0.717, 1.165) is 37.0 Å². The Balaban J connectivity index is 1.91. The van der Waals surface area contributed by atoms with E-state index in [9.17, 15) is 4.79 Å². The van der Waals surface area contributed by atoms with E-state index in [0.29, 0.717) is 6.54 Å². The van der Waals surface area contributed by atoms with Crippen LogP contribution in [0.2, 0.25) is 0 Å². The molecule has 0 heterocycles. The third kappa shape index (κ3) is 3.31. The van der Waals surface area contributed by atoms with Gasteiger partial charge >= 0.3 is 0 Å². The zero-order chi connectivity index (χ0) is 14.5. The minimum Gasteiger partial charge on any atom is -0.496 e. The molecule has 2 atom stereocenters. The zero-order valence-electron chi connectivity index (χ0n) is 12.3. The third-order valence-corrected chi connectivity index (χ3v) is 4.17. The van der Waals surface area contributed by atoms with Gasteiger partial charge in [0.2, 0.25) is 5.91 Å². The molecule has 1 amide bonds. The molecule has 2 N–H and O–H groups in total. The first-order valence-corrected chi connectivity index (χ1v) is 7.26. The predicted molar refractivity (Wildman–Crippen MR) is 79.7 cm³/mol. The normalized spacial score (nSPS) is 21.8. The maximum Gasteiger partial charge on any atom is 0.226 e. The summed E-state index contributed by atoms with van der Waals surface area (Å²) in [7, 11) is 3.54. The molecular formula is C16H24N2O2. The lowest BCUT2D eigenvalue weighted by atomic mass is 10.0. The molecule has 4 heteroatoms. The van der Waals surface area contributed by atoms with Crippen LogP contribution in [-0.4, -0.2) is 37.6 Å². The monoisotopic (exact) mass is 276 g/mol. The molecule has 1 aliphatic carbocycles. The lowest BCUT2D eigenvalue weighted by Gasteiger charge is -2.23. The van der Waals surface area contributed by atoms with Gasteiger partial charge in [0, 0.05) is 19.6 Å². The van der Waals surface area contributed by atoms with Crippen molar-refractivity contribution in [3.63, 3.8) is 0 Å². The molecule has 20 heavy (non-hydrogen) atoms. The standard InChI is InChI=1S/C16H24N2O2/c1-18(16(19)13-7-5-8-14(13)17)11-10-12-6-3-4-9-15(12)20-2/h3-4,6,9,13-14H,5,7-8,10-11,17H2,1-2H3/t13-,14+/m0/s1. The van der Waals surface area contributed by atoms with Crippen LogP contribution < -0.4 is 10.5 Å². The lowest BCUT2D eigenvalue weighted by molar-refractivity contribution is -0.134. The van der Waals surface area contributed by atoms with Crippen molar-refractivity contribution >= 4 is 5.91 Å². The predicted octanol–water partition coefficient (Wildman–Crippen LogP) is 1.82. The van der Waals surface area contributed by atoms with Crippen LogP contribution in [0.4, 0.5) is 0 Å². The fourth-order valence-corrected chi connectivity index (χ4v) is 2.89. The van der Waals surface area contributed by atoms with Gasteiger partial charge in [-0.05, 0) is 30.9 Å². The number of carbonyl (C=O) groups is 1. The van der Waals surface area contributed by atoms with Gasteiger partial charge in [-0.1, -0.05) is 24.6 Å². The van der Waals surface area contributed by atoms with Crippen LogP contribution in [0.3, 0.4) is 0 Å². The third-order valence-electron chi connectivity index (χ3n) is 4.17. The van der Waals surface area contributed by atoms with Crippen LogP contribution >= 0.6 is 0 Å². The second-order valence-corrected chi connectivity index (χ2v) is 5.52. The Hall–Kier alpha value is -1.55. The zero-order valence-corrected chi connectivity index (χ0v) is 12.3. The van der Waals surface area contributed by atoms with E-state index in [1.807, 2.05) is 36.2 Å². The average molecular weight is 276 g/mol. The Morgan fingerprint density at radius 1 is 1.40 bits per heavy atom. The van der Waals surface area contributed by atoms with Crippen molar-refractivity contribution < 1.29 is 9.53 Å². The maximum atomic E-state index is 12.3. The summed E-state index contributed by atoms with van der Waals surface area (Å²) in [6.07, 6.45) is 3.77.